The van der Waals surface area contributed by atoms with Gasteiger partial charge in [0.15, 0.2) is 0 Å². The first-order chi connectivity index (χ1) is 16.1. The van der Waals surface area contributed by atoms with E-state index in [4.69, 9.17) is 5.14 Å². The molecule has 0 atom stereocenters. The number of sulfonamides is 1. The number of benzene rings is 2. The van der Waals surface area contributed by atoms with Crippen LogP contribution < -0.4 is 10.5 Å². The molecule has 0 spiro atoms. The summed E-state index contributed by atoms with van der Waals surface area (Å²) in [6, 6.07) is 9.26. The Morgan fingerprint density at radius 2 is 1.79 bits per heavy atom. The molecule has 0 unspecified atom stereocenters. The van der Waals surface area contributed by atoms with Crippen molar-refractivity contribution < 1.29 is 21.6 Å². The van der Waals surface area contributed by atoms with Crippen LogP contribution >= 0.6 is 0 Å². The van der Waals surface area contributed by atoms with Gasteiger partial charge in [0.05, 0.1) is 11.1 Å². The van der Waals surface area contributed by atoms with E-state index in [-0.39, 0.29) is 17.0 Å². The normalized spacial score (nSPS) is 18.0. The van der Waals surface area contributed by atoms with Gasteiger partial charge in [-0.15, -0.1) is 10.2 Å². The lowest BCUT2D eigenvalue weighted by molar-refractivity contribution is -0.139. The van der Waals surface area contributed by atoms with Crippen LogP contribution in [0.1, 0.15) is 17.0 Å². The highest BCUT2D eigenvalue weighted by atomic mass is 32.2. The second-order valence-electron chi connectivity index (χ2n) is 8.70. The predicted molar refractivity (Wildman–Crippen MR) is 117 cm³/mol. The molecule has 0 amide bonds. The quantitative estimate of drug-likeness (QED) is 0.478. The molecule has 1 aromatic heterocycles. The predicted octanol–water partition coefficient (Wildman–Crippen LogP) is 1.82. The summed E-state index contributed by atoms with van der Waals surface area (Å²) in [6.07, 6.45) is -4.95. The van der Waals surface area contributed by atoms with Crippen molar-refractivity contribution >= 4 is 10.0 Å². The van der Waals surface area contributed by atoms with Crippen molar-refractivity contribution in [2.24, 2.45) is 11.1 Å². The summed E-state index contributed by atoms with van der Waals surface area (Å²) in [4.78, 5) is 1.33. The maximum atomic E-state index is 13.7. The zero-order chi connectivity index (χ0) is 24.1. The Morgan fingerprint density at radius 3 is 2.32 bits per heavy atom. The van der Waals surface area contributed by atoms with Crippen LogP contribution in [-0.2, 0) is 16.2 Å². The molecule has 2 aliphatic heterocycles. The fourth-order valence-electron chi connectivity index (χ4n) is 4.54. The Kier molecular flexibility index (Phi) is 5.67. The molecule has 2 aromatic carbocycles. The number of hydrogen-bond donors (Lipinski definition) is 3. The molecule has 13 heteroatoms. The summed E-state index contributed by atoms with van der Waals surface area (Å²) in [5.41, 5.74) is 0.108. The van der Waals surface area contributed by atoms with E-state index < -0.39 is 26.7 Å². The number of alkyl halides is 3. The van der Waals surface area contributed by atoms with Crippen LogP contribution in [0.3, 0.4) is 0 Å². The third kappa shape index (κ3) is 4.31. The number of nitrogens with one attached hydrogen (secondary N) is 2. The number of aromatic amines is 1. The maximum Gasteiger partial charge on any atom is 0.417 e. The first-order valence-electron chi connectivity index (χ1n) is 10.7. The zero-order valence-corrected chi connectivity index (χ0v) is 18.7. The fourth-order valence-corrected chi connectivity index (χ4v) is 5.52. The van der Waals surface area contributed by atoms with E-state index in [0.29, 0.717) is 23.5 Å². The van der Waals surface area contributed by atoms with Crippen molar-refractivity contribution in [3.05, 3.63) is 47.5 Å². The second kappa shape index (κ2) is 8.41. The molecule has 5 rings (SSSR count). The molecule has 2 saturated heterocycles. The van der Waals surface area contributed by atoms with Crippen LogP contribution in [0.25, 0.3) is 22.5 Å². The average molecular weight is 494 g/mol. The lowest BCUT2D eigenvalue weighted by atomic mass is 9.88. The minimum atomic E-state index is -4.95. The summed E-state index contributed by atoms with van der Waals surface area (Å²) in [5, 5.41) is 21.5. The molecule has 0 radical (unpaired) electrons. The lowest BCUT2D eigenvalue weighted by Gasteiger charge is -2.43. The van der Waals surface area contributed by atoms with Crippen LogP contribution in [0.2, 0.25) is 0 Å². The van der Waals surface area contributed by atoms with E-state index in [0.717, 1.165) is 38.3 Å². The molecule has 0 bridgehead atoms. The Balaban J connectivity index is 1.50. The average Bonchev–Trinajstić information content (AvgIpc) is 3.24. The minimum Gasteiger partial charge on any atom is -0.316 e. The minimum absolute atomic E-state index is 0.206. The highest BCUT2D eigenvalue weighted by Crippen LogP contribution is 2.43. The molecule has 0 saturated carbocycles. The second-order valence-corrected chi connectivity index (χ2v) is 10.2. The van der Waals surface area contributed by atoms with Gasteiger partial charge in [-0.1, -0.05) is 30.3 Å². The third-order valence-electron chi connectivity index (χ3n) is 6.35. The third-order valence-corrected chi connectivity index (χ3v) is 7.34. The molecule has 3 aromatic rings. The summed E-state index contributed by atoms with van der Waals surface area (Å²) in [7, 11) is -4.79. The van der Waals surface area contributed by atoms with Crippen LogP contribution in [0.5, 0.6) is 0 Å². The van der Waals surface area contributed by atoms with Gasteiger partial charge in [0.1, 0.15) is 4.90 Å². The van der Waals surface area contributed by atoms with Gasteiger partial charge in [-0.25, -0.2) is 13.6 Å². The number of rotatable bonds is 6. The molecule has 4 N–H and O–H groups in total. The number of nitrogens with zero attached hydrogens (tertiary/aromatic N) is 4. The molecule has 180 valence electrons. The molecule has 9 nitrogen and oxygen atoms in total. The van der Waals surface area contributed by atoms with E-state index in [2.05, 4.69) is 30.8 Å². The van der Waals surface area contributed by atoms with Gasteiger partial charge < -0.3 is 10.2 Å². The van der Waals surface area contributed by atoms with Crippen molar-refractivity contribution in [1.29, 1.82) is 0 Å². The standard InChI is InChI=1S/C21H22F3N7O2S/c22-21(23,24)17-6-5-16(18(19(17)34(25,32)33)20-27-29-30-28-20)14-3-1-13(2-4-14)15-10-31(11-15)9-12-7-26-8-12/h1-6,12,15,26H,7-11H2,(H2,25,32,33)(H,27,28,29,30). The van der Waals surface area contributed by atoms with Crippen molar-refractivity contribution in [1.82, 2.24) is 30.8 Å². The Labute approximate surface area is 193 Å². The van der Waals surface area contributed by atoms with Crippen LogP contribution in [0.15, 0.2) is 41.3 Å². The van der Waals surface area contributed by atoms with Crippen molar-refractivity contribution in [3.8, 4) is 22.5 Å². The van der Waals surface area contributed by atoms with Gasteiger partial charge in [-0.2, -0.15) is 18.4 Å². The number of halogens is 3. The number of H-pyrrole nitrogens is 1. The topological polar surface area (TPSA) is 130 Å². The number of aromatic nitrogens is 4. The summed E-state index contributed by atoms with van der Waals surface area (Å²) in [6.45, 7) is 5.12. The molecule has 3 heterocycles. The van der Waals surface area contributed by atoms with E-state index in [1.807, 2.05) is 12.1 Å². The Bertz CT molecular complexity index is 1290. The van der Waals surface area contributed by atoms with Gasteiger partial charge in [-0.05, 0) is 33.9 Å². The molecular formula is C21H22F3N7O2S. The van der Waals surface area contributed by atoms with Gasteiger partial charge in [0.2, 0.25) is 15.8 Å². The fraction of sp³-hybridized carbons (Fsp3) is 0.381. The maximum absolute atomic E-state index is 13.7. The van der Waals surface area contributed by atoms with Crippen molar-refractivity contribution in [3.63, 3.8) is 0 Å². The number of likely N-dealkylation sites (tertiary alicyclic amines) is 1. The highest BCUT2D eigenvalue weighted by molar-refractivity contribution is 7.89. The number of nitrogens with two attached hydrogens (primary N) is 1. The molecule has 0 aliphatic carbocycles. The summed E-state index contributed by atoms with van der Waals surface area (Å²) < 4.78 is 65.6. The van der Waals surface area contributed by atoms with Crippen molar-refractivity contribution in [2.75, 3.05) is 32.7 Å². The zero-order valence-electron chi connectivity index (χ0n) is 17.9. The molecule has 34 heavy (non-hydrogen) atoms. The Hall–Kier alpha value is -2.87. The van der Waals surface area contributed by atoms with E-state index in [9.17, 15) is 21.6 Å². The lowest BCUT2D eigenvalue weighted by Crippen LogP contribution is -2.53. The summed E-state index contributed by atoms with van der Waals surface area (Å²) >= 11 is 0. The van der Waals surface area contributed by atoms with E-state index in [1.54, 1.807) is 12.1 Å². The molecular weight excluding hydrogens is 471 g/mol. The molecule has 2 aliphatic rings. The van der Waals surface area contributed by atoms with Gasteiger partial charge in [-0.3, -0.25) is 0 Å². The van der Waals surface area contributed by atoms with E-state index >= 15 is 0 Å². The first-order valence-corrected chi connectivity index (χ1v) is 12.2. The van der Waals surface area contributed by atoms with Crippen LogP contribution in [0, 0.1) is 5.92 Å². The number of primary sulfonamides is 1. The van der Waals surface area contributed by atoms with Crippen molar-refractivity contribution in [2.45, 2.75) is 17.0 Å². The van der Waals surface area contributed by atoms with Crippen LogP contribution in [0.4, 0.5) is 13.2 Å². The van der Waals surface area contributed by atoms with Crippen LogP contribution in [-0.4, -0.2) is 66.7 Å². The highest BCUT2D eigenvalue weighted by Gasteiger charge is 2.40. The van der Waals surface area contributed by atoms with Gasteiger partial charge in [0.25, 0.3) is 0 Å². The molecule has 2 fully saturated rings. The Morgan fingerprint density at radius 1 is 1.09 bits per heavy atom. The van der Waals surface area contributed by atoms with E-state index in [1.165, 1.54) is 6.07 Å². The van der Waals surface area contributed by atoms with Gasteiger partial charge >= 0.3 is 6.18 Å². The number of tetrazole rings is 1. The SMILES string of the molecule is NS(=O)(=O)c1c(C(F)(F)F)ccc(-c2ccc(C3CN(CC4CNC4)C3)cc2)c1-c1nn[nH]n1. The largest absolute Gasteiger partial charge is 0.417 e. The van der Waals surface area contributed by atoms with Gasteiger partial charge in [0, 0.05) is 38.6 Å². The first kappa shape index (κ1) is 22.9. The monoisotopic (exact) mass is 493 g/mol. The summed E-state index contributed by atoms with van der Waals surface area (Å²) in [5.74, 6) is 0.792. The number of hydrogen-bond acceptors (Lipinski definition) is 7. The smallest absolute Gasteiger partial charge is 0.316 e.